The Balaban J connectivity index is 2.30. The van der Waals surface area contributed by atoms with E-state index in [4.69, 9.17) is 0 Å². The molecule has 0 nitrogen and oxygen atoms in total. The summed E-state index contributed by atoms with van der Waals surface area (Å²) in [4.78, 5) is 0. The summed E-state index contributed by atoms with van der Waals surface area (Å²) in [6.45, 7) is 3.54. The van der Waals surface area contributed by atoms with E-state index >= 15 is 0 Å². The van der Waals surface area contributed by atoms with Crippen LogP contribution in [0.25, 0.3) is 0 Å². The van der Waals surface area contributed by atoms with E-state index in [2.05, 4.69) is 6.58 Å². The first-order chi connectivity index (χ1) is 1.91. The van der Waals surface area contributed by atoms with E-state index in [0.29, 0.717) is 0 Å². The van der Waals surface area contributed by atoms with E-state index in [1.54, 1.807) is 0 Å². The molecule has 0 fully saturated rings. The Morgan fingerprint density at radius 1 is 2.00 bits per heavy atom. The molecule has 0 atom stereocenters. The van der Waals surface area contributed by atoms with Crippen LogP contribution in [0.3, 0.4) is 0 Å². The van der Waals surface area contributed by atoms with Gasteiger partial charge in [-0.3, -0.25) is 0 Å². The van der Waals surface area contributed by atoms with Crippen molar-refractivity contribution in [3.05, 3.63) is 12.7 Å². The van der Waals surface area contributed by atoms with Crippen molar-refractivity contribution in [2.24, 2.45) is 0 Å². The summed E-state index contributed by atoms with van der Waals surface area (Å²) < 4.78 is 1.31. The maximum absolute atomic E-state index is 3.54. The minimum absolute atomic E-state index is 0.755. The molecule has 0 aromatic rings. The second-order valence-corrected chi connectivity index (χ2v) is 4.05. The van der Waals surface area contributed by atoms with E-state index < -0.39 is 0 Å². The Labute approximate surface area is 59.7 Å². The fourth-order valence-electron chi connectivity index (χ4n) is 0. The van der Waals surface area contributed by atoms with Crippen LogP contribution in [0.4, 0.5) is 0 Å². The normalized spacial score (nSPS) is 6.50. The number of allylic oxidation sites excluding steroid dienone is 1. The second-order valence-electron chi connectivity index (χ2n) is 0.697. The van der Waals surface area contributed by atoms with Crippen molar-refractivity contribution in [1.29, 1.82) is 0 Å². The van der Waals surface area contributed by atoms with Gasteiger partial charge in [-0.1, -0.05) is 0 Å². The van der Waals surface area contributed by atoms with E-state index in [-0.39, 0.29) is 0 Å². The molecule has 0 unspecified atom stereocenters. The standard InChI is InChI=1S/C3H5.Fr/c1-3-2;/h3H,1-2H2;. The quantitative estimate of drug-likeness (QED) is 0.623. The molecule has 18 valence electrons. The van der Waals surface area contributed by atoms with Crippen molar-refractivity contribution in [2.45, 2.75) is 0.741 Å². The van der Waals surface area contributed by atoms with Gasteiger partial charge in [0.2, 0.25) is 0 Å². The van der Waals surface area contributed by atoms with Crippen molar-refractivity contribution in [2.75, 3.05) is 0 Å². The van der Waals surface area contributed by atoms with Crippen LogP contribution in [0.15, 0.2) is 12.7 Å². The molecule has 0 rings (SSSR count). The van der Waals surface area contributed by atoms with Crippen LogP contribution >= 0.6 is 0 Å². The first-order valence-electron chi connectivity index (χ1n) is 1.52. The van der Waals surface area contributed by atoms with Gasteiger partial charge in [0.25, 0.3) is 0 Å². The Hall–Kier alpha value is 1.34. The summed E-state index contributed by atoms with van der Waals surface area (Å²) in [5.74, 6) is 0. The molecule has 0 aromatic carbocycles. The van der Waals surface area contributed by atoms with Gasteiger partial charge in [0.15, 0.2) is 0 Å². The topological polar surface area (TPSA) is 0 Å². The van der Waals surface area contributed by atoms with Gasteiger partial charge >= 0.3 is 60.9 Å². The molecule has 0 heterocycles. The zero-order chi connectivity index (χ0) is 3.41. The number of hydrogen-bond donors (Lipinski definition) is 0. The Bertz CT molecular complexity index is 17.2. The molecular weight excluding hydrogens is 259 g/mol. The van der Waals surface area contributed by atoms with E-state index in [1.807, 2.05) is 6.08 Å². The van der Waals surface area contributed by atoms with Crippen molar-refractivity contribution in [1.82, 2.24) is 0 Å². The molecule has 0 saturated carbocycles. The average Bonchev–Trinajstić information content (AvgIpc) is 1.37. The van der Waals surface area contributed by atoms with Crippen LogP contribution in [0.2, 0.25) is 0.741 Å². The molecule has 0 aliphatic carbocycles. The number of rotatable bonds is 1. The molecule has 0 saturated heterocycles. The Morgan fingerprint density at radius 2 is 2.25 bits per heavy atom. The number of hydrogen-bond acceptors (Lipinski definition) is 0. The molecule has 1 heteroatoms. The Kier molecular flexibility index (Phi) is 5.79. The average molecular weight is 264 g/mol. The molecule has 0 N–H and O–H groups in total. The molecule has 0 spiro atoms. The molecule has 0 radical (unpaired) electrons. The molecular formula is C3H5Fr. The summed E-state index contributed by atoms with van der Waals surface area (Å²) >= 11 is 0.755. The van der Waals surface area contributed by atoms with Gasteiger partial charge in [-0.25, -0.2) is 0 Å². The van der Waals surface area contributed by atoms with Gasteiger partial charge in [-0.05, 0) is 0 Å². The molecule has 0 aliphatic heterocycles. The third-order valence-electron chi connectivity index (χ3n) is 0.289. The second kappa shape index (κ2) is 4.34. The summed E-state index contributed by atoms with van der Waals surface area (Å²) in [6, 6.07) is 0. The molecule has 4 heavy (non-hydrogen) atoms. The monoisotopic (exact) mass is 264 g/mol. The van der Waals surface area contributed by atoms with Gasteiger partial charge in [0, 0.05) is 0 Å². The van der Waals surface area contributed by atoms with Crippen LogP contribution in [-0.2, 0) is 0 Å². The molecule has 0 aromatic heterocycles. The SMILES string of the molecule is C=C[CH2][Fr]. The maximum atomic E-state index is 3.54. The molecule has 0 amide bonds. The summed E-state index contributed by atoms with van der Waals surface area (Å²) in [6.07, 6.45) is 1.98. The summed E-state index contributed by atoms with van der Waals surface area (Å²) in [7, 11) is 0. The third-order valence-corrected chi connectivity index (χ3v) is 2.66. The van der Waals surface area contributed by atoms with Crippen LogP contribution in [0.5, 0.6) is 0 Å². The van der Waals surface area contributed by atoms with Gasteiger partial charge in [-0.2, -0.15) is 0 Å². The van der Waals surface area contributed by atoms with Crippen molar-refractivity contribution in [3.63, 3.8) is 0 Å². The third kappa shape index (κ3) is 3.34. The van der Waals surface area contributed by atoms with Crippen LogP contribution in [0, 0.1) is 47.5 Å². The van der Waals surface area contributed by atoms with E-state index in [9.17, 15) is 0 Å². The van der Waals surface area contributed by atoms with E-state index in [1.165, 1.54) is 0.741 Å². The van der Waals surface area contributed by atoms with Gasteiger partial charge in [0.1, 0.15) is 0 Å². The zero-order valence-electron chi connectivity index (χ0n) is 2.99. The fourth-order valence-corrected chi connectivity index (χ4v) is 0. The summed E-state index contributed by atoms with van der Waals surface area (Å²) in [5, 5.41) is 0. The van der Waals surface area contributed by atoms with Crippen LogP contribution < -0.4 is 0 Å². The van der Waals surface area contributed by atoms with Crippen molar-refractivity contribution >= 4 is 0 Å². The van der Waals surface area contributed by atoms with Crippen molar-refractivity contribution < 1.29 is 47.5 Å². The van der Waals surface area contributed by atoms with Crippen molar-refractivity contribution in [3.8, 4) is 0 Å². The fraction of sp³-hybridized carbons (Fsp3) is 0.333. The van der Waals surface area contributed by atoms with Gasteiger partial charge in [-0.15, -0.1) is 0 Å². The summed E-state index contributed by atoms with van der Waals surface area (Å²) in [5.41, 5.74) is 0. The predicted octanol–water partition coefficient (Wildman–Crippen LogP) is 1.14. The van der Waals surface area contributed by atoms with Crippen LogP contribution in [-0.4, -0.2) is 0 Å². The molecule has 0 aliphatic rings. The Morgan fingerprint density at radius 3 is 2.25 bits per heavy atom. The van der Waals surface area contributed by atoms with Gasteiger partial charge in [0.05, 0.1) is 0 Å². The minimum atomic E-state index is 0.755. The molecule has 0 bridgehead atoms. The zero-order valence-corrected chi connectivity index (χ0v) is 11.2. The first-order valence-corrected chi connectivity index (χ1v) is 7.34. The first kappa shape index (κ1) is 5.34. The predicted molar refractivity (Wildman–Crippen MR) is 15.0 cm³/mol. The van der Waals surface area contributed by atoms with E-state index in [0.717, 1.165) is 47.5 Å². The van der Waals surface area contributed by atoms with Crippen LogP contribution in [0.1, 0.15) is 0 Å². The van der Waals surface area contributed by atoms with Gasteiger partial charge < -0.3 is 0 Å².